The molecular weight excluding hydrogens is 430 g/mol. The number of benzene rings is 1. The minimum Gasteiger partial charge on any atom is -0.457 e. The Morgan fingerprint density at radius 3 is 2.94 bits per heavy atom. The predicted octanol–water partition coefficient (Wildman–Crippen LogP) is 3.40. The van der Waals surface area contributed by atoms with Crippen LogP contribution in [0.25, 0.3) is 16.9 Å². The first-order valence-corrected chi connectivity index (χ1v) is 11.0. The lowest BCUT2D eigenvalue weighted by atomic mass is 9.95. The predicted molar refractivity (Wildman–Crippen MR) is 125 cm³/mol. The molecule has 3 aromatic heterocycles. The minimum atomic E-state index is -0.731. The van der Waals surface area contributed by atoms with Gasteiger partial charge in [0.1, 0.15) is 18.5 Å². The molecule has 8 heteroatoms. The third-order valence-corrected chi connectivity index (χ3v) is 6.32. The standard InChI is InChI=1S/C26H23N5O3/c1-15-8-24(30-11-17(15)9-27)31-13-18(25-22(31)4-3-7-29-25)10-28-12-23(32)19-5-6-20-21(16(19)2)14-34-26(20)33/h3-8,11,13,23,28,32H,10,12,14H2,1-2H3. The number of fused-ring (bicyclic) bond motifs is 2. The smallest absolute Gasteiger partial charge is 0.338 e. The van der Waals surface area contributed by atoms with Gasteiger partial charge in [0.25, 0.3) is 0 Å². The van der Waals surface area contributed by atoms with Crippen molar-refractivity contribution in [3.8, 4) is 11.9 Å². The normalized spacial score (nSPS) is 13.5. The number of pyridine rings is 2. The van der Waals surface area contributed by atoms with Gasteiger partial charge in [-0.25, -0.2) is 9.78 Å². The van der Waals surface area contributed by atoms with Crippen LogP contribution in [0, 0.1) is 25.2 Å². The van der Waals surface area contributed by atoms with Crippen LogP contribution in [0.1, 0.15) is 49.8 Å². The molecule has 1 unspecified atom stereocenters. The van der Waals surface area contributed by atoms with E-state index >= 15 is 0 Å². The molecule has 1 aliphatic rings. The average molecular weight is 454 g/mol. The van der Waals surface area contributed by atoms with E-state index in [0.29, 0.717) is 30.0 Å². The van der Waals surface area contributed by atoms with Crippen LogP contribution in [0.4, 0.5) is 0 Å². The van der Waals surface area contributed by atoms with E-state index in [4.69, 9.17) is 4.74 Å². The van der Waals surface area contributed by atoms with Crippen molar-refractivity contribution in [3.63, 3.8) is 0 Å². The summed E-state index contributed by atoms with van der Waals surface area (Å²) in [4.78, 5) is 20.8. The Bertz CT molecular complexity index is 1470. The van der Waals surface area contributed by atoms with E-state index in [1.807, 2.05) is 42.8 Å². The summed E-state index contributed by atoms with van der Waals surface area (Å²) in [7, 11) is 0. The third kappa shape index (κ3) is 3.71. The second-order valence-electron chi connectivity index (χ2n) is 8.39. The van der Waals surface area contributed by atoms with E-state index < -0.39 is 6.10 Å². The third-order valence-electron chi connectivity index (χ3n) is 6.32. The number of aliphatic hydroxyl groups is 1. The number of nitrogens with zero attached hydrogens (tertiary/aromatic N) is 4. The van der Waals surface area contributed by atoms with Gasteiger partial charge in [-0.3, -0.25) is 9.55 Å². The average Bonchev–Trinajstić information content (AvgIpc) is 3.40. The Morgan fingerprint density at radius 2 is 2.15 bits per heavy atom. The first-order chi connectivity index (χ1) is 16.5. The van der Waals surface area contributed by atoms with E-state index in [9.17, 15) is 15.2 Å². The van der Waals surface area contributed by atoms with Gasteiger partial charge in [0.2, 0.25) is 0 Å². The second kappa shape index (κ2) is 8.71. The highest BCUT2D eigenvalue weighted by Gasteiger charge is 2.25. The van der Waals surface area contributed by atoms with Crippen molar-refractivity contribution in [1.29, 1.82) is 5.26 Å². The summed E-state index contributed by atoms with van der Waals surface area (Å²) in [6.07, 6.45) is 4.58. The van der Waals surface area contributed by atoms with Gasteiger partial charge in [0, 0.05) is 42.8 Å². The molecular formula is C26H23N5O3. The number of ether oxygens (including phenoxy) is 1. The Labute approximate surface area is 196 Å². The van der Waals surface area contributed by atoms with Crippen molar-refractivity contribution in [2.45, 2.75) is 33.1 Å². The lowest BCUT2D eigenvalue weighted by Gasteiger charge is -2.16. The number of aryl methyl sites for hydroxylation is 1. The molecule has 5 rings (SSSR count). The summed E-state index contributed by atoms with van der Waals surface area (Å²) in [5, 5.41) is 23.3. The summed E-state index contributed by atoms with van der Waals surface area (Å²) in [5.41, 5.74) is 7.22. The number of hydrogen-bond donors (Lipinski definition) is 2. The molecule has 170 valence electrons. The van der Waals surface area contributed by atoms with Gasteiger partial charge in [-0.05, 0) is 54.8 Å². The number of esters is 1. The maximum atomic E-state index is 11.8. The lowest BCUT2D eigenvalue weighted by molar-refractivity contribution is 0.0535. The SMILES string of the molecule is Cc1cc(-n2cc(CNCC(O)c3ccc4c(c3C)COC4=O)c3ncccc32)ncc1C#N. The minimum absolute atomic E-state index is 0.252. The number of hydrogen-bond acceptors (Lipinski definition) is 7. The summed E-state index contributed by atoms with van der Waals surface area (Å²) < 4.78 is 7.08. The summed E-state index contributed by atoms with van der Waals surface area (Å²) in [6.45, 7) is 4.88. The monoisotopic (exact) mass is 453 g/mol. The van der Waals surface area contributed by atoms with E-state index in [-0.39, 0.29) is 12.6 Å². The fourth-order valence-electron chi connectivity index (χ4n) is 4.42. The molecule has 1 atom stereocenters. The number of carbonyl (C=O) groups excluding carboxylic acids is 1. The van der Waals surface area contributed by atoms with Crippen molar-refractivity contribution < 1.29 is 14.6 Å². The molecule has 0 saturated carbocycles. The van der Waals surface area contributed by atoms with Gasteiger partial charge in [-0.2, -0.15) is 5.26 Å². The molecule has 0 bridgehead atoms. The van der Waals surface area contributed by atoms with E-state index in [2.05, 4.69) is 21.4 Å². The molecule has 34 heavy (non-hydrogen) atoms. The van der Waals surface area contributed by atoms with Crippen molar-refractivity contribution in [2.24, 2.45) is 0 Å². The van der Waals surface area contributed by atoms with Crippen LogP contribution in [-0.2, 0) is 17.9 Å². The number of nitriles is 1. The molecule has 4 aromatic rings. The van der Waals surface area contributed by atoms with Gasteiger partial charge >= 0.3 is 5.97 Å². The highest BCUT2D eigenvalue weighted by Crippen LogP contribution is 2.29. The van der Waals surface area contributed by atoms with Gasteiger partial charge in [0.15, 0.2) is 0 Å². The number of rotatable bonds is 6. The number of cyclic esters (lactones) is 1. The molecule has 0 spiro atoms. The van der Waals surface area contributed by atoms with E-state index in [1.165, 1.54) is 0 Å². The summed E-state index contributed by atoms with van der Waals surface area (Å²) in [5.74, 6) is 0.402. The Hall–Kier alpha value is -4.06. The van der Waals surface area contributed by atoms with Crippen LogP contribution in [0.2, 0.25) is 0 Å². The quantitative estimate of drug-likeness (QED) is 0.430. The zero-order valence-corrected chi connectivity index (χ0v) is 18.9. The van der Waals surface area contributed by atoms with Gasteiger partial charge < -0.3 is 15.2 Å². The van der Waals surface area contributed by atoms with Gasteiger partial charge in [-0.15, -0.1) is 0 Å². The maximum absolute atomic E-state index is 11.8. The summed E-state index contributed by atoms with van der Waals surface area (Å²) >= 11 is 0. The fraction of sp³-hybridized carbons (Fsp3) is 0.231. The van der Waals surface area contributed by atoms with Crippen molar-refractivity contribution in [2.75, 3.05) is 6.54 Å². The second-order valence-corrected chi connectivity index (χ2v) is 8.39. The van der Waals surface area contributed by atoms with Crippen LogP contribution in [0.15, 0.2) is 48.9 Å². The Balaban J connectivity index is 1.36. The number of aromatic nitrogens is 3. The van der Waals surface area contributed by atoms with Crippen LogP contribution >= 0.6 is 0 Å². The number of nitrogens with one attached hydrogen (secondary N) is 1. The van der Waals surface area contributed by atoms with Crippen molar-refractivity contribution >= 4 is 17.0 Å². The Morgan fingerprint density at radius 1 is 1.29 bits per heavy atom. The fourth-order valence-corrected chi connectivity index (χ4v) is 4.42. The van der Waals surface area contributed by atoms with E-state index in [1.54, 1.807) is 24.5 Å². The van der Waals surface area contributed by atoms with Gasteiger partial charge in [-0.1, -0.05) is 6.07 Å². The van der Waals surface area contributed by atoms with Crippen molar-refractivity contribution in [3.05, 3.63) is 87.9 Å². The van der Waals surface area contributed by atoms with Crippen LogP contribution < -0.4 is 5.32 Å². The first-order valence-electron chi connectivity index (χ1n) is 11.0. The highest BCUT2D eigenvalue weighted by molar-refractivity contribution is 5.94. The van der Waals surface area contributed by atoms with Gasteiger partial charge in [0.05, 0.1) is 28.3 Å². The topological polar surface area (TPSA) is 113 Å². The zero-order valence-electron chi connectivity index (χ0n) is 18.9. The molecule has 1 aromatic carbocycles. The molecule has 0 fully saturated rings. The molecule has 0 aliphatic carbocycles. The number of aliphatic hydroxyl groups excluding tert-OH is 1. The van der Waals surface area contributed by atoms with Crippen LogP contribution in [0.3, 0.4) is 0 Å². The molecule has 0 saturated heterocycles. The molecule has 1 aliphatic heterocycles. The van der Waals surface area contributed by atoms with Crippen LogP contribution in [0.5, 0.6) is 0 Å². The highest BCUT2D eigenvalue weighted by atomic mass is 16.5. The van der Waals surface area contributed by atoms with Crippen molar-refractivity contribution in [1.82, 2.24) is 19.9 Å². The Kier molecular flexibility index (Phi) is 5.57. The molecule has 8 nitrogen and oxygen atoms in total. The lowest BCUT2D eigenvalue weighted by Crippen LogP contribution is -2.22. The molecule has 4 heterocycles. The zero-order chi connectivity index (χ0) is 23.8. The molecule has 2 N–H and O–H groups in total. The molecule has 0 radical (unpaired) electrons. The van der Waals surface area contributed by atoms with E-state index in [0.717, 1.165) is 38.9 Å². The largest absolute Gasteiger partial charge is 0.457 e. The van der Waals surface area contributed by atoms with Crippen LogP contribution in [-0.4, -0.2) is 32.2 Å². The maximum Gasteiger partial charge on any atom is 0.338 e. The molecule has 0 amide bonds. The first kappa shape index (κ1) is 21.8. The summed E-state index contributed by atoms with van der Waals surface area (Å²) in [6, 6.07) is 11.4. The number of carbonyl (C=O) groups is 1.